The van der Waals surface area contributed by atoms with Gasteiger partial charge in [-0.25, -0.2) is 0 Å². The lowest BCUT2D eigenvalue weighted by atomic mass is 10.0. The summed E-state index contributed by atoms with van der Waals surface area (Å²) < 4.78 is 6.46. The Kier molecular flexibility index (Phi) is 6.60. The molecule has 96 valence electrons. The Hall–Kier alpha value is -0.540. The summed E-state index contributed by atoms with van der Waals surface area (Å²) in [6, 6.07) is 6.49. The van der Waals surface area contributed by atoms with E-state index in [2.05, 4.69) is 28.9 Å². The molecular formula is C14H22BrNO. The van der Waals surface area contributed by atoms with Crippen LogP contribution in [0.3, 0.4) is 0 Å². The van der Waals surface area contributed by atoms with Gasteiger partial charge in [-0.3, -0.25) is 0 Å². The van der Waals surface area contributed by atoms with Gasteiger partial charge in [-0.15, -0.1) is 0 Å². The van der Waals surface area contributed by atoms with E-state index in [1.165, 1.54) is 12.0 Å². The third-order valence-electron chi connectivity index (χ3n) is 2.92. The summed E-state index contributed by atoms with van der Waals surface area (Å²) in [7, 11) is 1.72. The zero-order valence-electron chi connectivity index (χ0n) is 10.7. The largest absolute Gasteiger partial charge is 0.496 e. The third kappa shape index (κ3) is 5.09. The summed E-state index contributed by atoms with van der Waals surface area (Å²) in [4.78, 5) is 0. The standard InChI is InChI=1S/C14H22BrNO/c1-3-5-13(16)7-4-6-11-10-12(15)8-9-14(11)17-2/h8-10,13H,3-7,16H2,1-2H3. The van der Waals surface area contributed by atoms with E-state index in [0.29, 0.717) is 6.04 Å². The normalized spacial score (nSPS) is 12.5. The quantitative estimate of drug-likeness (QED) is 0.828. The van der Waals surface area contributed by atoms with Gasteiger partial charge in [-0.05, 0) is 49.4 Å². The van der Waals surface area contributed by atoms with Crippen LogP contribution in [-0.2, 0) is 6.42 Å². The lowest BCUT2D eigenvalue weighted by Crippen LogP contribution is -2.19. The minimum absolute atomic E-state index is 0.346. The Bertz CT molecular complexity index is 341. The van der Waals surface area contributed by atoms with Crippen molar-refractivity contribution in [2.24, 2.45) is 5.73 Å². The van der Waals surface area contributed by atoms with Crippen LogP contribution in [0.5, 0.6) is 5.75 Å². The van der Waals surface area contributed by atoms with Crippen LogP contribution >= 0.6 is 15.9 Å². The molecule has 0 aromatic heterocycles. The Labute approximate surface area is 113 Å². The molecule has 1 unspecified atom stereocenters. The van der Waals surface area contributed by atoms with Crippen LogP contribution < -0.4 is 10.5 Å². The number of halogens is 1. The molecule has 3 heteroatoms. The van der Waals surface area contributed by atoms with Crippen LogP contribution in [0.25, 0.3) is 0 Å². The Morgan fingerprint density at radius 1 is 1.35 bits per heavy atom. The number of hydrogen-bond donors (Lipinski definition) is 1. The van der Waals surface area contributed by atoms with Crippen LogP contribution in [0.1, 0.15) is 38.2 Å². The maximum Gasteiger partial charge on any atom is 0.122 e. The molecule has 0 heterocycles. The second kappa shape index (κ2) is 7.72. The highest BCUT2D eigenvalue weighted by atomic mass is 79.9. The third-order valence-corrected chi connectivity index (χ3v) is 3.42. The van der Waals surface area contributed by atoms with Crippen molar-refractivity contribution < 1.29 is 4.74 Å². The van der Waals surface area contributed by atoms with Crippen LogP contribution in [0.2, 0.25) is 0 Å². The van der Waals surface area contributed by atoms with Crippen molar-refractivity contribution in [1.29, 1.82) is 0 Å². The van der Waals surface area contributed by atoms with Crippen molar-refractivity contribution in [2.75, 3.05) is 7.11 Å². The van der Waals surface area contributed by atoms with Gasteiger partial charge < -0.3 is 10.5 Å². The van der Waals surface area contributed by atoms with Gasteiger partial charge in [0.1, 0.15) is 5.75 Å². The van der Waals surface area contributed by atoms with Crippen molar-refractivity contribution >= 4 is 15.9 Å². The number of benzene rings is 1. The summed E-state index contributed by atoms with van der Waals surface area (Å²) in [6.07, 6.45) is 5.52. The van der Waals surface area contributed by atoms with E-state index in [1.807, 2.05) is 12.1 Å². The van der Waals surface area contributed by atoms with Crippen molar-refractivity contribution in [1.82, 2.24) is 0 Å². The molecule has 2 N–H and O–H groups in total. The molecule has 0 aliphatic carbocycles. The minimum Gasteiger partial charge on any atom is -0.496 e. The summed E-state index contributed by atoms with van der Waals surface area (Å²) in [5.74, 6) is 0.970. The zero-order chi connectivity index (χ0) is 12.7. The summed E-state index contributed by atoms with van der Waals surface area (Å²) >= 11 is 3.49. The molecule has 0 fully saturated rings. The lowest BCUT2D eigenvalue weighted by Gasteiger charge is -2.12. The molecular weight excluding hydrogens is 278 g/mol. The summed E-state index contributed by atoms with van der Waals surface area (Å²) in [6.45, 7) is 2.18. The molecule has 17 heavy (non-hydrogen) atoms. The van der Waals surface area contributed by atoms with Crippen LogP contribution in [0.15, 0.2) is 22.7 Å². The second-order valence-corrected chi connectivity index (χ2v) is 5.31. The van der Waals surface area contributed by atoms with Gasteiger partial charge in [0.05, 0.1) is 7.11 Å². The molecule has 0 amide bonds. The van der Waals surface area contributed by atoms with E-state index >= 15 is 0 Å². The lowest BCUT2D eigenvalue weighted by molar-refractivity contribution is 0.408. The highest BCUT2D eigenvalue weighted by Gasteiger charge is 2.05. The first-order chi connectivity index (χ1) is 8.17. The molecule has 2 nitrogen and oxygen atoms in total. The van der Waals surface area contributed by atoms with E-state index < -0.39 is 0 Å². The first-order valence-corrected chi connectivity index (χ1v) is 7.04. The predicted octanol–water partition coefficient (Wildman–Crippen LogP) is 3.91. The fourth-order valence-electron chi connectivity index (χ4n) is 2.01. The fourth-order valence-corrected chi connectivity index (χ4v) is 2.42. The van der Waals surface area contributed by atoms with Crippen molar-refractivity contribution in [3.63, 3.8) is 0 Å². The van der Waals surface area contributed by atoms with Gasteiger partial charge in [0.15, 0.2) is 0 Å². The van der Waals surface area contributed by atoms with E-state index in [9.17, 15) is 0 Å². The van der Waals surface area contributed by atoms with E-state index in [1.54, 1.807) is 7.11 Å². The number of nitrogens with two attached hydrogens (primary N) is 1. The Morgan fingerprint density at radius 3 is 2.76 bits per heavy atom. The highest BCUT2D eigenvalue weighted by Crippen LogP contribution is 2.24. The number of hydrogen-bond acceptors (Lipinski definition) is 2. The van der Waals surface area contributed by atoms with Crippen LogP contribution in [0, 0.1) is 0 Å². The maximum atomic E-state index is 6.01. The first kappa shape index (κ1) is 14.5. The van der Waals surface area contributed by atoms with Gasteiger partial charge in [-0.2, -0.15) is 0 Å². The molecule has 0 saturated carbocycles. The molecule has 1 atom stereocenters. The monoisotopic (exact) mass is 299 g/mol. The van der Waals surface area contributed by atoms with Crippen molar-refractivity contribution in [3.05, 3.63) is 28.2 Å². The number of ether oxygens (including phenoxy) is 1. The van der Waals surface area contributed by atoms with Gasteiger partial charge >= 0.3 is 0 Å². The number of rotatable bonds is 7. The molecule has 0 aliphatic heterocycles. The van der Waals surface area contributed by atoms with Crippen molar-refractivity contribution in [2.45, 2.75) is 45.1 Å². The van der Waals surface area contributed by atoms with Crippen LogP contribution in [-0.4, -0.2) is 13.2 Å². The number of methoxy groups -OCH3 is 1. The minimum atomic E-state index is 0.346. The Balaban J connectivity index is 2.48. The van der Waals surface area contributed by atoms with E-state index in [0.717, 1.165) is 35.9 Å². The molecule has 0 bridgehead atoms. The van der Waals surface area contributed by atoms with Crippen LogP contribution in [0.4, 0.5) is 0 Å². The van der Waals surface area contributed by atoms with Gasteiger partial charge in [0.2, 0.25) is 0 Å². The second-order valence-electron chi connectivity index (χ2n) is 4.40. The average molecular weight is 300 g/mol. The smallest absolute Gasteiger partial charge is 0.122 e. The summed E-state index contributed by atoms with van der Waals surface area (Å²) in [5, 5.41) is 0. The molecule has 1 rings (SSSR count). The molecule has 0 saturated heterocycles. The van der Waals surface area contributed by atoms with E-state index in [-0.39, 0.29) is 0 Å². The van der Waals surface area contributed by atoms with Gasteiger partial charge in [0, 0.05) is 10.5 Å². The predicted molar refractivity (Wildman–Crippen MR) is 76.5 cm³/mol. The summed E-state index contributed by atoms with van der Waals surface area (Å²) in [5.41, 5.74) is 7.26. The number of aryl methyl sites for hydroxylation is 1. The molecule has 1 aromatic rings. The van der Waals surface area contributed by atoms with E-state index in [4.69, 9.17) is 10.5 Å². The van der Waals surface area contributed by atoms with Gasteiger partial charge in [-0.1, -0.05) is 29.3 Å². The van der Waals surface area contributed by atoms with Crippen molar-refractivity contribution in [3.8, 4) is 5.75 Å². The molecule has 0 aliphatic rings. The average Bonchev–Trinajstić information content (AvgIpc) is 2.30. The SMILES string of the molecule is CCCC(N)CCCc1cc(Br)ccc1OC. The maximum absolute atomic E-state index is 6.01. The van der Waals surface area contributed by atoms with Gasteiger partial charge in [0.25, 0.3) is 0 Å². The molecule has 0 radical (unpaired) electrons. The topological polar surface area (TPSA) is 35.2 Å². The first-order valence-electron chi connectivity index (χ1n) is 6.25. The molecule has 1 aromatic carbocycles. The highest BCUT2D eigenvalue weighted by molar-refractivity contribution is 9.10. The fraction of sp³-hybridized carbons (Fsp3) is 0.571. The Morgan fingerprint density at radius 2 is 2.12 bits per heavy atom. The molecule has 0 spiro atoms. The zero-order valence-corrected chi connectivity index (χ0v) is 12.3.